The van der Waals surface area contributed by atoms with E-state index in [0.717, 1.165) is 33.9 Å². The third-order valence-electron chi connectivity index (χ3n) is 7.63. The van der Waals surface area contributed by atoms with Gasteiger partial charge in [-0.25, -0.2) is 0 Å². The van der Waals surface area contributed by atoms with Crippen molar-refractivity contribution in [2.75, 3.05) is 10.6 Å². The number of hydrogen-bond acceptors (Lipinski definition) is 2. The van der Waals surface area contributed by atoms with Gasteiger partial charge in [0.25, 0.3) is 0 Å². The first-order chi connectivity index (χ1) is 19.6. The van der Waals surface area contributed by atoms with Crippen LogP contribution in [0.4, 0.5) is 22.7 Å². The predicted molar refractivity (Wildman–Crippen MR) is 171 cm³/mol. The molecule has 0 heterocycles. The summed E-state index contributed by atoms with van der Waals surface area (Å²) in [6, 6.07) is 51.3. The van der Waals surface area contributed by atoms with Crippen LogP contribution in [0.2, 0.25) is 0 Å². The molecule has 0 spiro atoms. The molecule has 194 valence electrons. The lowest BCUT2D eigenvalue weighted by Crippen LogP contribution is -2.13. The SMILES string of the molecule is Cc1c(-c2ccccc2)cccc1N(c1ccc(-c2ccc(N)cc2)cc1)c1cccc(-c2ccccc2)c1C. The van der Waals surface area contributed by atoms with E-state index >= 15 is 0 Å². The summed E-state index contributed by atoms with van der Waals surface area (Å²) >= 11 is 0. The maximum atomic E-state index is 5.93. The highest BCUT2D eigenvalue weighted by Crippen LogP contribution is 2.43. The lowest BCUT2D eigenvalue weighted by Gasteiger charge is -2.30. The Morgan fingerprint density at radius 3 is 1.27 bits per heavy atom. The van der Waals surface area contributed by atoms with Crippen molar-refractivity contribution >= 4 is 22.7 Å². The van der Waals surface area contributed by atoms with E-state index in [9.17, 15) is 0 Å². The number of nitrogen functional groups attached to an aromatic ring is 1. The van der Waals surface area contributed by atoms with Gasteiger partial charge in [-0.15, -0.1) is 0 Å². The molecule has 40 heavy (non-hydrogen) atoms. The van der Waals surface area contributed by atoms with E-state index in [-0.39, 0.29) is 0 Å². The molecule has 0 aromatic heterocycles. The van der Waals surface area contributed by atoms with Crippen LogP contribution in [0.1, 0.15) is 11.1 Å². The molecule has 0 saturated carbocycles. The minimum Gasteiger partial charge on any atom is -0.399 e. The van der Waals surface area contributed by atoms with E-state index in [1.54, 1.807) is 0 Å². The largest absolute Gasteiger partial charge is 0.399 e. The van der Waals surface area contributed by atoms with E-state index in [4.69, 9.17) is 5.73 Å². The van der Waals surface area contributed by atoms with Crippen molar-refractivity contribution < 1.29 is 0 Å². The molecule has 0 atom stereocenters. The van der Waals surface area contributed by atoms with Gasteiger partial charge in [-0.1, -0.05) is 109 Å². The zero-order valence-electron chi connectivity index (χ0n) is 22.9. The van der Waals surface area contributed by atoms with Crippen LogP contribution < -0.4 is 10.6 Å². The molecule has 2 N–H and O–H groups in total. The topological polar surface area (TPSA) is 29.3 Å². The number of nitrogens with two attached hydrogens (primary N) is 1. The molecule has 0 bridgehead atoms. The maximum absolute atomic E-state index is 5.93. The fraction of sp³-hybridized carbons (Fsp3) is 0.0526. The number of anilines is 4. The molecule has 2 heteroatoms. The second kappa shape index (κ2) is 11.0. The summed E-state index contributed by atoms with van der Waals surface area (Å²) in [6.07, 6.45) is 0. The molecule has 6 aromatic rings. The second-order valence-corrected chi connectivity index (χ2v) is 10.1. The van der Waals surface area contributed by atoms with Crippen molar-refractivity contribution in [2.45, 2.75) is 13.8 Å². The van der Waals surface area contributed by atoms with Crippen LogP contribution in [0.5, 0.6) is 0 Å². The molecule has 0 aliphatic rings. The Morgan fingerprint density at radius 2 is 0.825 bits per heavy atom. The van der Waals surface area contributed by atoms with Crippen LogP contribution in [-0.2, 0) is 0 Å². The van der Waals surface area contributed by atoms with Crippen molar-refractivity contribution in [3.8, 4) is 33.4 Å². The number of nitrogens with zero attached hydrogens (tertiary/aromatic N) is 1. The lowest BCUT2D eigenvalue weighted by molar-refractivity contribution is 1.23. The summed E-state index contributed by atoms with van der Waals surface area (Å²) < 4.78 is 0. The Kier molecular flexibility index (Phi) is 6.91. The normalized spacial score (nSPS) is 10.8. The molecule has 0 radical (unpaired) electrons. The Bertz CT molecular complexity index is 1650. The van der Waals surface area contributed by atoms with Gasteiger partial charge in [0.1, 0.15) is 0 Å². The molecular weight excluding hydrogens is 484 g/mol. The quantitative estimate of drug-likeness (QED) is 0.223. The first kappa shape index (κ1) is 25.2. The number of hydrogen-bond donors (Lipinski definition) is 1. The van der Waals surface area contributed by atoms with Gasteiger partial charge >= 0.3 is 0 Å². The van der Waals surface area contributed by atoms with Crippen LogP contribution >= 0.6 is 0 Å². The van der Waals surface area contributed by atoms with Crippen LogP contribution in [0.3, 0.4) is 0 Å². The van der Waals surface area contributed by atoms with Crippen molar-refractivity contribution in [2.24, 2.45) is 0 Å². The van der Waals surface area contributed by atoms with Gasteiger partial charge in [0.15, 0.2) is 0 Å². The van der Waals surface area contributed by atoms with Gasteiger partial charge in [-0.2, -0.15) is 0 Å². The first-order valence-corrected chi connectivity index (χ1v) is 13.7. The minimum absolute atomic E-state index is 0.772. The molecule has 6 aromatic carbocycles. The Morgan fingerprint density at radius 1 is 0.400 bits per heavy atom. The molecule has 0 saturated heterocycles. The summed E-state index contributed by atoms with van der Waals surface area (Å²) in [5, 5.41) is 0. The summed E-state index contributed by atoms with van der Waals surface area (Å²) in [5.41, 5.74) is 19.8. The highest BCUT2D eigenvalue weighted by Gasteiger charge is 2.20. The molecule has 0 amide bonds. The van der Waals surface area contributed by atoms with E-state index in [2.05, 4.69) is 152 Å². The summed E-state index contributed by atoms with van der Waals surface area (Å²) in [6.45, 7) is 4.45. The maximum Gasteiger partial charge on any atom is 0.0497 e. The predicted octanol–water partition coefficient (Wildman–Crippen LogP) is 10.4. The number of benzene rings is 6. The fourth-order valence-corrected chi connectivity index (χ4v) is 5.48. The van der Waals surface area contributed by atoms with Crippen LogP contribution in [0, 0.1) is 13.8 Å². The van der Waals surface area contributed by atoms with Crippen molar-refractivity contribution in [1.29, 1.82) is 0 Å². The van der Waals surface area contributed by atoms with Gasteiger partial charge in [0.2, 0.25) is 0 Å². The highest BCUT2D eigenvalue weighted by atomic mass is 15.1. The van der Waals surface area contributed by atoms with E-state index in [0.29, 0.717) is 0 Å². The van der Waals surface area contributed by atoms with Crippen LogP contribution in [0.15, 0.2) is 146 Å². The fourth-order valence-electron chi connectivity index (χ4n) is 5.48. The minimum atomic E-state index is 0.772. The molecule has 6 rings (SSSR count). The Labute approximate surface area is 237 Å². The summed E-state index contributed by atoms with van der Waals surface area (Å²) in [4.78, 5) is 2.40. The van der Waals surface area contributed by atoms with E-state index < -0.39 is 0 Å². The van der Waals surface area contributed by atoms with Gasteiger partial charge in [-0.05, 0) is 94.8 Å². The Balaban J connectivity index is 1.52. The zero-order valence-corrected chi connectivity index (χ0v) is 22.9. The molecule has 0 fully saturated rings. The van der Waals surface area contributed by atoms with E-state index in [1.807, 2.05) is 12.1 Å². The van der Waals surface area contributed by atoms with Gasteiger partial charge in [0, 0.05) is 22.7 Å². The lowest BCUT2D eigenvalue weighted by atomic mass is 9.95. The average molecular weight is 517 g/mol. The molecular formula is C38H32N2. The third kappa shape index (κ3) is 4.88. The second-order valence-electron chi connectivity index (χ2n) is 10.1. The van der Waals surface area contributed by atoms with Gasteiger partial charge < -0.3 is 10.6 Å². The summed E-state index contributed by atoms with van der Waals surface area (Å²) in [7, 11) is 0. The van der Waals surface area contributed by atoms with Gasteiger partial charge in [0.05, 0.1) is 0 Å². The number of rotatable bonds is 6. The smallest absolute Gasteiger partial charge is 0.0497 e. The van der Waals surface area contributed by atoms with Crippen LogP contribution in [-0.4, -0.2) is 0 Å². The van der Waals surface area contributed by atoms with Gasteiger partial charge in [-0.3, -0.25) is 0 Å². The standard InChI is InChI=1S/C38H32N2/c1-27-35(31-11-5-3-6-12-31)15-9-17-37(27)40(34-25-21-30(22-26-34)29-19-23-33(39)24-20-29)38-18-10-16-36(28(38)2)32-13-7-4-8-14-32/h3-26H,39H2,1-2H3. The van der Waals surface area contributed by atoms with E-state index in [1.165, 1.54) is 33.4 Å². The monoisotopic (exact) mass is 516 g/mol. The average Bonchev–Trinajstić information content (AvgIpc) is 3.00. The molecule has 0 aliphatic heterocycles. The zero-order chi connectivity index (χ0) is 27.5. The van der Waals surface area contributed by atoms with Crippen molar-refractivity contribution in [3.63, 3.8) is 0 Å². The molecule has 2 nitrogen and oxygen atoms in total. The van der Waals surface area contributed by atoms with Crippen LogP contribution in [0.25, 0.3) is 33.4 Å². The molecule has 0 unspecified atom stereocenters. The third-order valence-corrected chi connectivity index (χ3v) is 7.63. The summed E-state index contributed by atoms with van der Waals surface area (Å²) in [5.74, 6) is 0. The van der Waals surface area contributed by atoms with Crippen molar-refractivity contribution in [1.82, 2.24) is 0 Å². The highest BCUT2D eigenvalue weighted by molar-refractivity contribution is 5.87. The van der Waals surface area contributed by atoms with Crippen molar-refractivity contribution in [3.05, 3.63) is 157 Å². The molecule has 0 aliphatic carbocycles. The first-order valence-electron chi connectivity index (χ1n) is 13.7. The Hall–Kier alpha value is -5.08.